The standard InChI is InChI=1S/C11H15ClN2O3/c1-6-9(12)8(14(2)13-6)5-11(17)3-7(4-11)10(15)16/h7,17H,3-5H2,1-2H3,(H,15,16). The largest absolute Gasteiger partial charge is 0.481 e. The van der Waals surface area contributed by atoms with Crippen LogP contribution in [-0.4, -0.2) is 31.6 Å². The average Bonchev–Trinajstić information content (AvgIpc) is 2.41. The Morgan fingerprint density at radius 3 is 2.65 bits per heavy atom. The molecule has 1 saturated carbocycles. The summed E-state index contributed by atoms with van der Waals surface area (Å²) in [6, 6.07) is 0. The van der Waals surface area contributed by atoms with Crippen molar-refractivity contribution in [3.8, 4) is 0 Å². The van der Waals surface area contributed by atoms with E-state index in [1.54, 1.807) is 18.7 Å². The first-order chi connectivity index (χ1) is 7.82. The Labute approximate surface area is 104 Å². The normalized spacial score (nSPS) is 27.9. The molecule has 94 valence electrons. The van der Waals surface area contributed by atoms with Gasteiger partial charge in [-0.25, -0.2) is 0 Å². The van der Waals surface area contributed by atoms with Crippen LogP contribution in [0.25, 0.3) is 0 Å². The van der Waals surface area contributed by atoms with Gasteiger partial charge in [-0.1, -0.05) is 11.6 Å². The molecule has 0 unspecified atom stereocenters. The molecule has 1 aromatic rings. The van der Waals surface area contributed by atoms with E-state index in [1.165, 1.54) is 0 Å². The summed E-state index contributed by atoms with van der Waals surface area (Å²) in [6.45, 7) is 1.80. The summed E-state index contributed by atoms with van der Waals surface area (Å²) in [6.07, 6.45) is 0.915. The fourth-order valence-electron chi connectivity index (χ4n) is 2.36. The zero-order chi connectivity index (χ0) is 12.8. The molecular weight excluding hydrogens is 244 g/mol. The van der Waals surface area contributed by atoms with Gasteiger partial charge in [-0.05, 0) is 19.8 Å². The fraction of sp³-hybridized carbons (Fsp3) is 0.636. The third-order valence-electron chi connectivity index (χ3n) is 3.36. The van der Waals surface area contributed by atoms with Crippen molar-refractivity contribution in [3.05, 3.63) is 16.4 Å². The molecule has 0 saturated heterocycles. The van der Waals surface area contributed by atoms with E-state index in [4.69, 9.17) is 16.7 Å². The number of hydrogen-bond donors (Lipinski definition) is 2. The summed E-state index contributed by atoms with van der Waals surface area (Å²) in [5.74, 6) is -1.28. The predicted octanol–water partition coefficient (Wildman–Crippen LogP) is 1.15. The smallest absolute Gasteiger partial charge is 0.306 e. The van der Waals surface area contributed by atoms with Crippen LogP contribution in [0.4, 0.5) is 0 Å². The van der Waals surface area contributed by atoms with Crippen molar-refractivity contribution in [2.45, 2.75) is 31.8 Å². The van der Waals surface area contributed by atoms with Crippen molar-refractivity contribution in [3.63, 3.8) is 0 Å². The molecule has 1 aromatic heterocycles. The van der Waals surface area contributed by atoms with Gasteiger partial charge in [0.25, 0.3) is 0 Å². The van der Waals surface area contributed by atoms with Gasteiger partial charge < -0.3 is 10.2 Å². The van der Waals surface area contributed by atoms with Crippen LogP contribution in [0.1, 0.15) is 24.2 Å². The number of aryl methyl sites for hydroxylation is 2. The summed E-state index contributed by atoms with van der Waals surface area (Å²) < 4.78 is 1.64. The van der Waals surface area contributed by atoms with Gasteiger partial charge in [0.1, 0.15) is 0 Å². The van der Waals surface area contributed by atoms with Crippen molar-refractivity contribution in [1.29, 1.82) is 0 Å². The van der Waals surface area contributed by atoms with Gasteiger partial charge in [0.2, 0.25) is 0 Å². The molecule has 0 amide bonds. The maximum absolute atomic E-state index is 10.7. The number of carbonyl (C=O) groups is 1. The number of nitrogens with zero attached hydrogens (tertiary/aromatic N) is 2. The van der Waals surface area contributed by atoms with E-state index in [-0.39, 0.29) is 12.8 Å². The lowest BCUT2D eigenvalue weighted by molar-refractivity contribution is -0.158. The zero-order valence-corrected chi connectivity index (χ0v) is 10.5. The number of hydrogen-bond acceptors (Lipinski definition) is 3. The summed E-state index contributed by atoms with van der Waals surface area (Å²) in [4.78, 5) is 10.7. The number of halogens is 1. The lowest BCUT2D eigenvalue weighted by Gasteiger charge is -2.41. The van der Waals surface area contributed by atoms with Gasteiger partial charge in [-0.15, -0.1) is 0 Å². The van der Waals surface area contributed by atoms with Gasteiger partial charge in [-0.3, -0.25) is 9.48 Å². The highest BCUT2D eigenvalue weighted by atomic mass is 35.5. The number of carboxylic acids is 1. The second-order valence-corrected chi connectivity index (χ2v) is 5.19. The lowest BCUT2D eigenvalue weighted by Crippen LogP contribution is -2.48. The number of aliphatic carboxylic acids is 1. The topological polar surface area (TPSA) is 75.3 Å². The maximum Gasteiger partial charge on any atom is 0.306 e. The number of carboxylic acid groups (broad SMARTS) is 1. The Hall–Kier alpha value is -1.07. The van der Waals surface area contributed by atoms with Crippen LogP contribution < -0.4 is 0 Å². The van der Waals surface area contributed by atoms with Gasteiger partial charge in [0.15, 0.2) is 0 Å². The van der Waals surface area contributed by atoms with E-state index in [1.807, 2.05) is 0 Å². The first-order valence-corrected chi connectivity index (χ1v) is 5.83. The first-order valence-electron chi connectivity index (χ1n) is 5.45. The monoisotopic (exact) mass is 258 g/mol. The Balaban J connectivity index is 2.10. The van der Waals surface area contributed by atoms with Crippen molar-refractivity contribution >= 4 is 17.6 Å². The second kappa shape index (κ2) is 3.99. The quantitative estimate of drug-likeness (QED) is 0.853. The molecule has 1 fully saturated rings. The average molecular weight is 259 g/mol. The third kappa shape index (κ3) is 2.17. The Bertz CT molecular complexity index is 464. The molecule has 1 heterocycles. The third-order valence-corrected chi connectivity index (χ3v) is 3.85. The summed E-state index contributed by atoms with van der Waals surface area (Å²) in [5, 5.41) is 23.7. The molecule has 0 spiro atoms. The summed E-state index contributed by atoms with van der Waals surface area (Å²) in [5.41, 5.74) is 0.532. The van der Waals surface area contributed by atoms with Crippen LogP contribution in [-0.2, 0) is 18.3 Å². The highest BCUT2D eigenvalue weighted by molar-refractivity contribution is 6.31. The first kappa shape index (κ1) is 12.4. The molecule has 2 N–H and O–H groups in total. The van der Waals surface area contributed by atoms with E-state index < -0.39 is 17.5 Å². The Morgan fingerprint density at radius 1 is 1.65 bits per heavy atom. The number of aliphatic hydroxyl groups is 1. The van der Waals surface area contributed by atoms with E-state index in [0.717, 1.165) is 11.4 Å². The van der Waals surface area contributed by atoms with E-state index >= 15 is 0 Å². The van der Waals surface area contributed by atoms with Crippen LogP contribution in [0.5, 0.6) is 0 Å². The molecule has 1 aliphatic rings. The molecule has 1 aliphatic carbocycles. The molecule has 6 heteroatoms. The predicted molar refractivity (Wildman–Crippen MR) is 62.0 cm³/mol. The van der Waals surface area contributed by atoms with Gasteiger partial charge in [-0.2, -0.15) is 5.10 Å². The summed E-state index contributed by atoms with van der Waals surface area (Å²) in [7, 11) is 1.77. The maximum atomic E-state index is 10.7. The Kier molecular flexibility index (Phi) is 2.91. The van der Waals surface area contributed by atoms with Crippen LogP contribution >= 0.6 is 11.6 Å². The van der Waals surface area contributed by atoms with E-state index in [0.29, 0.717) is 11.4 Å². The minimum Gasteiger partial charge on any atom is -0.481 e. The molecule has 17 heavy (non-hydrogen) atoms. The molecule has 0 aliphatic heterocycles. The van der Waals surface area contributed by atoms with Crippen molar-refractivity contribution < 1.29 is 15.0 Å². The van der Waals surface area contributed by atoms with E-state index in [2.05, 4.69) is 5.10 Å². The van der Waals surface area contributed by atoms with Crippen LogP contribution in [0, 0.1) is 12.8 Å². The Morgan fingerprint density at radius 2 is 2.24 bits per heavy atom. The summed E-state index contributed by atoms with van der Waals surface area (Å²) >= 11 is 6.09. The van der Waals surface area contributed by atoms with Crippen molar-refractivity contribution in [1.82, 2.24) is 9.78 Å². The molecule has 0 radical (unpaired) electrons. The minimum atomic E-state index is -0.951. The number of aromatic nitrogens is 2. The van der Waals surface area contributed by atoms with Gasteiger partial charge in [0.05, 0.1) is 27.9 Å². The second-order valence-electron chi connectivity index (χ2n) is 4.81. The van der Waals surface area contributed by atoms with Crippen LogP contribution in [0.15, 0.2) is 0 Å². The zero-order valence-electron chi connectivity index (χ0n) is 9.77. The highest BCUT2D eigenvalue weighted by Crippen LogP contribution is 2.41. The molecule has 2 rings (SSSR count). The molecular formula is C11H15ClN2O3. The van der Waals surface area contributed by atoms with Gasteiger partial charge in [0, 0.05) is 13.5 Å². The SMILES string of the molecule is Cc1nn(C)c(CC2(O)CC(C(=O)O)C2)c1Cl. The molecule has 0 bridgehead atoms. The van der Waals surface area contributed by atoms with Crippen molar-refractivity contribution in [2.75, 3.05) is 0 Å². The highest BCUT2D eigenvalue weighted by Gasteiger charge is 2.47. The molecule has 0 aromatic carbocycles. The van der Waals surface area contributed by atoms with Crippen molar-refractivity contribution in [2.24, 2.45) is 13.0 Å². The van der Waals surface area contributed by atoms with E-state index in [9.17, 15) is 9.90 Å². The van der Waals surface area contributed by atoms with Crippen LogP contribution in [0.3, 0.4) is 0 Å². The molecule has 0 atom stereocenters. The number of rotatable bonds is 3. The van der Waals surface area contributed by atoms with Crippen LogP contribution in [0.2, 0.25) is 5.02 Å². The van der Waals surface area contributed by atoms with Gasteiger partial charge >= 0.3 is 5.97 Å². The molecule has 5 nitrogen and oxygen atoms in total. The minimum absolute atomic E-state index is 0.281. The lowest BCUT2D eigenvalue weighted by atomic mass is 9.69. The fourth-order valence-corrected chi connectivity index (χ4v) is 2.59.